The molecular formula is C10H13NO. The molecule has 1 aromatic rings. The molecule has 1 heterocycles. The van der Waals surface area contributed by atoms with Crippen LogP contribution < -0.4 is 5.73 Å². The summed E-state index contributed by atoms with van der Waals surface area (Å²) in [5, 5.41) is 0. The Morgan fingerprint density at radius 3 is 3.08 bits per heavy atom. The Kier molecular flexibility index (Phi) is 1.87. The van der Waals surface area contributed by atoms with E-state index in [4.69, 9.17) is 10.5 Å². The highest BCUT2D eigenvalue weighted by molar-refractivity contribution is 5.37. The van der Waals surface area contributed by atoms with Crippen molar-refractivity contribution < 1.29 is 4.74 Å². The zero-order chi connectivity index (χ0) is 8.55. The normalized spacial score (nSPS) is 22.0. The maximum absolute atomic E-state index is 5.89. The van der Waals surface area contributed by atoms with Crippen molar-refractivity contribution in [2.24, 2.45) is 5.73 Å². The Morgan fingerprint density at radius 1 is 1.50 bits per heavy atom. The Bertz CT molecular complexity index is 296. The summed E-state index contributed by atoms with van der Waals surface area (Å²) in [5.41, 5.74) is 9.70. The summed E-state index contributed by atoms with van der Waals surface area (Å²) < 4.78 is 5.36. The van der Waals surface area contributed by atoms with Gasteiger partial charge in [-0.25, -0.2) is 0 Å². The van der Waals surface area contributed by atoms with E-state index < -0.39 is 0 Å². The molecule has 0 amide bonds. The van der Waals surface area contributed by atoms with E-state index in [-0.39, 0.29) is 6.04 Å². The molecule has 0 radical (unpaired) electrons. The molecule has 2 rings (SSSR count). The first kappa shape index (κ1) is 7.77. The molecule has 0 saturated carbocycles. The van der Waals surface area contributed by atoms with Crippen LogP contribution in [0, 0.1) is 6.92 Å². The highest BCUT2D eigenvalue weighted by atomic mass is 16.5. The highest BCUT2D eigenvalue weighted by Crippen LogP contribution is 2.25. The van der Waals surface area contributed by atoms with Gasteiger partial charge in [0, 0.05) is 0 Å². The summed E-state index contributed by atoms with van der Waals surface area (Å²) >= 11 is 0. The molecule has 2 heteroatoms. The van der Waals surface area contributed by atoms with Crippen LogP contribution in [-0.2, 0) is 11.3 Å². The minimum atomic E-state index is 0.0636. The predicted octanol–water partition coefficient (Wildman–Crippen LogP) is 1.53. The average molecular weight is 163 g/mol. The van der Waals surface area contributed by atoms with Crippen molar-refractivity contribution in [3.63, 3.8) is 0 Å². The maximum atomic E-state index is 5.89. The fourth-order valence-corrected chi connectivity index (χ4v) is 1.65. The lowest BCUT2D eigenvalue weighted by Gasteiger charge is -2.23. The van der Waals surface area contributed by atoms with Gasteiger partial charge in [0.2, 0.25) is 0 Å². The first-order valence-corrected chi connectivity index (χ1v) is 4.21. The molecule has 2 nitrogen and oxygen atoms in total. The molecule has 0 bridgehead atoms. The molecule has 12 heavy (non-hydrogen) atoms. The van der Waals surface area contributed by atoms with Gasteiger partial charge >= 0.3 is 0 Å². The summed E-state index contributed by atoms with van der Waals surface area (Å²) in [6.45, 7) is 3.46. The van der Waals surface area contributed by atoms with E-state index in [0.717, 1.165) is 6.61 Å². The molecule has 64 valence electrons. The van der Waals surface area contributed by atoms with Gasteiger partial charge in [0.1, 0.15) is 0 Å². The number of rotatable bonds is 0. The lowest BCUT2D eigenvalue weighted by atomic mass is 9.96. The van der Waals surface area contributed by atoms with Crippen molar-refractivity contribution in [2.75, 3.05) is 6.61 Å². The Balaban J connectivity index is 2.52. The van der Waals surface area contributed by atoms with Crippen molar-refractivity contribution in [1.29, 1.82) is 0 Å². The maximum Gasteiger partial charge on any atom is 0.0723 e. The summed E-state index contributed by atoms with van der Waals surface area (Å²) in [6, 6.07) is 6.31. The van der Waals surface area contributed by atoms with Crippen molar-refractivity contribution in [2.45, 2.75) is 19.6 Å². The van der Waals surface area contributed by atoms with Gasteiger partial charge in [-0.3, -0.25) is 0 Å². The van der Waals surface area contributed by atoms with Gasteiger partial charge in [0.25, 0.3) is 0 Å². The van der Waals surface area contributed by atoms with Crippen LogP contribution >= 0.6 is 0 Å². The molecule has 1 atom stereocenters. The molecule has 0 aromatic heterocycles. The monoisotopic (exact) mass is 163 g/mol. The molecule has 0 fully saturated rings. The second kappa shape index (κ2) is 2.88. The van der Waals surface area contributed by atoms with E-state index in [0.29, 0.717) is 6.61 Å². The average Bonchev–Trinajstić information content (AvgIpc) is 2.07. The van der Waals surface area contributed by atoms with Gasteiger partial charge in [0.15, 0.2) is 0 Å². The SMILES string of the molecule is Cc1cccc2c1COC[C@@H]2N. The van der Waals surface area contributed by atoms with E-state index in [1.807, 2.05) is 0 Å². The van der Waals surface area contributed by atoms with Crippen LogP contribution in [0.25, 0.3) is 0 Å². The van der Waals surface area contributed by atoms with E-state index >= 15 is 0 Å². The minimum absolute atomic E-state index is 0.0636. The number of nitrogens with two attached hydrogens (primary N) is 1. The van der Waals surface area contributed by atoms with Crippen LogP contribution in [0.5, 0.6) is 0 Å². The third kappa shape index (κ3) is 1.13. The van der Waals surface area contributed by atoms with Gasteiger partial charge in [-0.05, 0) is 23.6 Å². The van der Waals surface area contributed by atoms with E-state index in [1.165, 1.54) is 16.7 Å². The summed E-state index contributed by atoms with van der Waals surface area (Å²) in [6.07, 6.45) is 0. The van der Waals surface area contributed by atoms with E-state index in [2.05, 4.69) is 25.1 Å². The summed E-state index contributed by atoms with van der Waals surface area (Å²) in [4.78, 5) is 0. The largest absolute Gasteiger partial charge is 0.375 e. The van der Waals surface area contributed by atoms with Crippen molar-refractivity contribution in [1.82, 2.24) is 0 Å². The van der Waals surface area contributed by atoms with Crippen molar-refractivity contribution >= 4 is 0 Å². The van der Waals surface area contributed by atoms with Crippen molar-refractivity contribution in [3.05, 3.63) is 34.9 Å². The molecular weight excluding hydrogens is 150 g/mol. The van der Waals surface area contributed by atoms with Crippen LogP contribution in [0.1, 0.15) is 22.7 Å². The first-order valence-electron chi connectivity index (χ1n) is 4.21. The third-order valence-corrected chi connectivity index (χ3v) is 2.39. The number of ether oxygens (including phenoxy) is 1. The molecule has 1 aliphatic heterocycles. The second-order valence-electron chi connectivity index (χ2n) is 3.26. The smallest absolute Gasteiger partial charge is 0.0723 e. The molecule has 2 N–H and O–H groups in total. The fraction of sp³-hybridized carbons (Fsp3) is 0.400. The van der Waals surface area contributed by atoms with Gasteiger partial charge in [-0.15, -0.1) is 0 Å². The number of hydrogen-bond donors (Lipinski definition) is 1. The fourth-order valence-electron chi connectivity index (χ4n) is 1.65. The summed E-state index contributed by atoms with van der Waals surface area (Å²) in [5.74, 6) is 0. The predicted molar refractivity (Wildman–Crippen MR) is 47.8 cm³/mol. The van der Waals surface area contributed by atoms with Crippen LogP contribution in [0.2, 0.25) is 0 Å². The summed E-state index contributed by atoms with van der Waals surface area (Å²) in [7, 11) is 0. The third-order valence-electron chi connectivity index (χ3n) is 2.39. The van der Waals surface area contributed by atoms with Crippen LogP contribution in [0.15, 0.2) is 18.2 Å². The molecule has 0 aliphatic carbocycles. The van der Waals surface area contributed by atoms with Crippen LogP contribution in [-0.4, -0.2) is 6.61 Å². The lowest BCUT2D eigenvalue weighted by molar-refractivity contribution is 0.0919. The lowest BCUT2D eigenvalue weighted by Crippen LogP contribution is -2.24. The van der Waals surface area contributed by atoms with Crippen LogP contribution in [0.4, 0.5) is 0 Å². The highest BCUT2D eigenvalue weighted by Gasteiger charge is 2.17. The minimum Gasteiger partial charge on any atom is -0.375 e. The van der Waals surface area contributed by atoms with Gasteiger partial charge in [-0.2, -0.15) is 0 Å². The second-order valence-corrected chi connectivity index (χ2v) is 3.26. The number of aryl methyl sites for hydroxylation is 1. The topological polar surface area (TPSA) is 35.2 Å². The molecule has 1 aromatic carbocycles. The zero-order valence-electron chi connectivity index (χ0n) is 7.21. The molecule has 0 saturated heterocycles. The number of fused-ring (bicyclic) bond motifs is 1. The zero-order valence-corrected chi connectivity index (χ0v) is 7.21. The van der Waals surface area contributed by atoms with E-state index in [9.17, 15) is 0 Å². The van der Waals surface area contributed by atoms with Gasteiger partial charge in [-0.1, -0.05) is 18.2 Å². The van der Waals surface area contributed by atoms with E-state index in [1.54, 1.807) is 0 Å². The first-order chi connectivity index (χ1) is 5.79. The number of hydrogen-bond acceptors (Lipinski definition) is 2. The Labute approximate surface area is 72.3 Å². The Morgan fingerprint density at radius 2 is 2.33 bits per heavy atom. The Hall–Kier alpha value is -0.860. The number of benzene rings is 1. The van der Waals surface area contributed by atoms with Crippen molar-refractivity contribution in [3.8, 4) is 0 Å². The van der Waals surface area contributed by atoms with Crippen LogP contribution in [0.3, 0.4) is 0 Å². The molecule has 1 aliphatic rings. The standard InChI is InChI=1S/C10H13NO/c1-7-3-2-4-8-9(7)5-12-6-10(8)11/h2-4,10H,5-6,11H2,1H3/t10-/m0/s1. The van der Waals surface area contributed by atoms with Gasteiger partial charge < -0.3 is 10.5 Å². The molecule has 0 unspecified atom stereocenters. The van der Waals surface area contributed by atoms with Gasteiger partial charge in [0.05, 0.1) is 19.3 Å². The quantitative estimate of drug-likeness (QED) is 0.629. The molecule has 0 spiro atoms.